The Balaban J connectivity index is 1.74. The average molecular weight is 390 g/mol. The van der Waals surface area contributed by atoms with Crippen molar-refractivity contribution in [3.8, 4) is 16.9 Å². The number of hydrogen-bond donors (Lipinski definition) is 1. The van der Waals surface area contributed by atoms with Crippen molar-refractivity contribution in [3.63, 3.8) is 0 Å². The summed E-state index contributed by atoms with van der Waals surface area (Å²) in [6.07, 6.45) is 1.73. The summed E-state index contributed by atoms with van der Waals surface area (Å²) in [6.45, 7) is 4.03. The van der Waals surface area contributed by atoms with Gasteiger partial charge in [-0.05, 0) is 59.7 Å². The van der Waals surface area contributed by atoms with Crippen LogP contribution < -0.4 is 0 Å². The van der Waals surface area contributed by atoms with Crippen molar-refractivity contribution in [2.75, 3.05) is 0 Å². The number of hydrogen-bond acceptors (Lipinski definition) is 2. The van der Waals surface area contributed by atoms with Crippen LogP contribution in [-0.2, 0) is 0 Å². The van der Waals surface area contributed by atoms with Gasteiger partial charge in [0.25, 0.3) is 0 Å². The molecule has 0 saturated heterocycles. The van der Waals surface area contributed by atoms with Gasteiger partial charge in [0.1, 0.15) is 5.75 Å². The molecule has 0 amide bonds. The molecule has 0 aliphatic heterocycles. The molecular formula is C27H22N2O. The third-order valence-electron chi connectivity index (χ3n) is 5.65. The maximum absolute atomic E-state index is 11.2. The monoisotopic (exact) mass is 390 g/mol. The predicted octanol–water partition coefficient (Wildman–Crippen LogP) is 6.67. The van der Waals surface area contributed by atoms with Gasteiger partial charge in [-0.3, -0.25) is 0 Å². The van der Waals surface area contributed by atoms with Crippen LogP contribution in [0.3, 0.4) is 0 Å². The number of fused-ring (bicyclic) bond motifs is 2. The number of rotatable bonds is 3. The summed E-state index contributed by atoms with van der Waals surface area (Å²) in [6, 6.07) is 28.8. The van der Waals surface area contributed by atoms with Crippen molar-refractivity contribution in [1.82, 2.24) is 4.68 Å². The van der Waals surface area contributed by atoms with Crippen molar-refractivity contribution in [1.29, 1.82) is 0 Å². The minimum absolute atomic E-state index is 0.241. The molecule has 1 N–H and O–H groups in total. The van der Waals surface area contributed by atoms with Crippen LogP contribution in [0, 0.1) is 13.8 Å². The van der Waals surface area contributed by atoms with E-state index in [1.54, 1.807) is 6.21 Å². The first kappa shape index (κ1) is 18.2. The van der Waals surface area contributed by atoms with Crippen LogP contribution in [0.2, 0.25) is 0 Å². The Kier molecular flexibility index (Phi) is 4.36. The van der Waals surface area contributed by atoms with Gasteiger partial charge in [0, 0.05) is 28.1 Å². The number of benzene rings is 4. The van der Waals surface area contributed by atoms with Gasteiger partial charge in [-0.2, -0.15) is 5.10 Å². The molecule has 146 valence electrons. The molecule has 0 aliphatic carbocycles. The largest absolute Gasteiger partial charge is 0.507 e. The molecule has 1 heterocycles. The second kappa shape index (κ2) is 7.20. The predicted molar refractivity (Wildman–Crippen MR) is 125 cm³/mol. The van der Waals surface area contributed by atoms with Crippen molar-refractivity contribution >= 4 is 27.8 Å². The Morgan fingerprint density at radius 3 is 1.97 bits per heavy atom. The van der Waals surface area contributed by atoms with E-state index in [4.69, 9.17) is 0 Å². The zero-order chi connectivity index (χ0) is 20.7. The summed E-state index contributed by atoms with van der Waals surface area (Å²) in [5, 5.41) is 20.4. The molecule has 0 fully saturated rings. The van der Waals surface area contributed by atoms with E-state index in [1.807, 2.05) is 73.1 Å². The summed E-state index contributed by atoms with van der Waals surface area (Å²) < 4.78 is 1.87. The van der Waals surface area contributed by atoms with Gasteiger partial charge >= 0.3 is 0 Å². The molecule has 0 radical (unpaired) electrons. The molecule has 5 aromatic rings. The van der Waals surface area contributed by atoms with Crippen LogP contribution >= 0.6 is 0 Å². The van der Waals surface area contributed by atoms with E-state index in [1.165, 1.54) is 0 Å². The maximum Gasteiger partial charge on any atom is 0.132 e. The van der Waals surface area contributed by atoms with E-state index in [2.05, 4.69) is 35.4 Å². The molecular weight excluding hydrogens is 368 g/mol. The van der Waals surface area contributed by atoms with Crippen LogP contribution in [0.1, 0.15) is 17.0 Å². The molecule has 0 spiro atoms. The van der Waals surface area contributed by atoms with E-state index in [-0.39, 0.29) is 5.75 Å². The maximum atomic E-state index is 11.2. The smallest absolute Gasteiger partial charge is 0.132 e. The topological polar surface area (TPSA) is 37.5 Å². The molecule has 3 nitrogen and oxygen atoms in total. The lowest BCUT2D eigenvalue weighted by atomic mass is 9.91. The molecule has 0 aliphatic rings. The lowest BCUT2D eigenvalue weighted by molar-refractivity contribution is 0.476. The molecule has 1 aromatic heterocycles. The van der Waals surface area contributed by atoms with Crippen LogP contribution in [0.15, 0.2) is 90.0 Å². The third kappa shape index (κ3) is 2.96. The second-order valence-electron chi connectivity index (χ2n) is 7.61. The Morgan fingerprint density at radius 1 is 0.733 bits per heavy atom. The van der Waals surface area contributed by atoms with Crippen LogP contribution in [0.5, 0.6) is 5.75 Å². The zero-order valence-electron chi connectivity index (χ0n) is 17.0. The minimum atomic E-state index is 0.241. The fourth-order valence-electron chi connectivity index (χ4n) is 4.13. The van der Waals surface area contributed by atoms with Gasteiger partial charge in [0.05, 0.1) is 6.21 Å². The molecule has 0 atom stereocenters. The number of aromatic hydroxyl groups is 1. The lowest BCUT2D eigenvalue weighted by Crippen LogP contribution is -1.96. The zero-order valence-corrected chi connectivity index (χ0v) is 17.0. The highest BCUT2D eigenvalue weighted by Crippen LogP contribution is 2.41. The second-order valence-corrected chi connectivity index (χ2v) is 7.61. The van der Waals surface area contributed by atoms with E-state index in [9.17, 15) is 5.11 Å². The van der Waals surface area contributed by atoms with E-state index in [0.717, 1.165) is 44.1 Å². The number of para-hydroxylation sites is 1. The average Bonchev–Trinajstić information content (AvgIpc) is 3.09. The summed E-state index contributed by atoms with van der Waals surface area (Å²) in [5.41, 5.74) is 4.66. The Labute approximate surface area is 175 Å². The number of aryl methyl sites for hydroxylation is 2. The van der Waals surface area contributed by atoms with Crippen molar-refractivity contribution in [2.24, 2.45) is 5.10 Å². The van der Waals surface area contributed by atoms with Gasteiger partial charge in [0.2, 0.25) is 0 Å². The van der Waals surface area contributed by atoms with Crippen LogP contribution in [0.25, 0.3) is 32.7 Å². The van der Waals surface area contributed by atoms with Gasteiger partial charge < -0.3 is 5.11 Å². The van der Waals surface area contributed by atoms with Gasteiger partial charge in [-0.1, -0.05) is 60.7 Å². The summed E-state index contributed by atoms with van der Waals surface area (Å²) in [7, 11) is 0. The van der Waals surface area contributed by atoms with E-state index >= 15 is 0 Å². The number of phenolic OH excluding ortho intramolecular Hbond substituents is 1. The molecule has 0 saturated carbocycles. The molecule has 5 rings (SSSR count). The van der Waals surface area contributed by atoms with Crippen molar-refractivity contribution in [2.45, 2.75) is 13.8 Å². The minimum Gasteiger partial charge on any atom is -0.507 e. The first-order valence-electron chi connectivity index (χ1n) is 10.1. The molecule has 0 bridgehead atoms. The molecule has 3 heteroatoms. The van der Waals surface area contributed by atoms with Gasteiger partial charge in [-0.15, -0.1) is 0 Å². The van der Waals surface area contributed by atoms with Crippen LogP contribution in [-0.4, -0.2) is 16.0 Å². The number of phenols is 1. The highest BCUT2D eigenvalue weighted by molar-refractivity contribution is 6.14. The lowest BCUT2D eigenvalue weighted by Gasteiger charge is -2.14. The Hall–Kier alpha value is -3.85. The van der Waals surface area contributed by atoms with E-state index < -0.39 is 0 Å². The summed E-state index contributed by atoms with van der Waals surface area (Å²) >= 11 is 0. The van der Waals surface area contributed by atoms with Crippen molar-refractivity contribution in [3.05, 3.63) is 102 Å². The van der Waals surface area contributed by atoms with Gasteiger partial charge in [-0.25, -0.2) is 4.68 Å². The highest BCUT2D eigenvalue weighted by atomic mass is 16.3. The first-order chi connectivity index (χ1) is 14.6. The number of aromatic nitrogens is 1. The summed E-state index contributed by atoms with van der Waals surface area (Å²) in [5.74, 6) is 0.241. The van der Waals surface area contributed by atoms with Crippen molar-refractivity contribution < 1.29 is 5.11 Å². The first-order valence-corrected chi connectivity index (χ1v) is 10.1. The standard InChI is InChI=1S/C27H22N2O/c1-18-14-15-19(2)29(18)28-17-22-10-7-13-25(27(22)30)26-23-11-5-3-8-20(23)16-21-9-4-6-12-24(21)26/h3-17,30H,1-2H3/b28-17+. The van der Waals surface area contributed by atoms with Crippen LogP contribution in [0.4, 0.5) is 0 Å². The molecule has 30 heavy (non-hydrogen) atoms. The fourth-order valence-corrected chi connectivity index (χ4v) is 4.13. The Morgan fingerprint density at radius 2 is 1.33 bits per heavy atom. The third-order valence-corrected chi connectivity index (χ3v) is 5.65. The highest BCUT2D eigenvalue weighted by Gasteiger charge is 2.14. The fraction of sp³-hybridized carbons (Fsp3) is 0.0741. The SMILES string of the molecule is Cc1ccc(C)n1/N=C/c1cccc(-c2c3ccccc3cc3ccccc23)c1O. The molecule has 4 aromatic carbocycles. The van der Waals surface area contributed by atoms with Gasteiger partial charge in [0.15, 0.2) is 0 Å². The number of nitrogens with zero attached hydrogens (tertiary/aromatic N) is 2. The summed E-state index contributed by atoms with van der Waals surface area (Å²) in [4.78, 5) is 0. The Bertz CT molecular complexity index is 1350. The molecule has 0 unspecified atom stereocenters. The normalized spacial score (nSPS) is 11.7. The van der Waals surface area contributed by atoms with E-state index in [0.29, 0.717) is 5.56 Å². The quantitative estimate of drug-likeness (QED) is 0.271.